The van der Waals surface area contributed by atoms with Gasteiger partial charge in [0.1, 0.15) is 11.9 Å². The van der Waals surface area contributed by atoms with Crippen molar-refractivity contribution in [3.63, 3.8) is 0 Å². The van der Waals surface area contributed by atoms with Crippen LogP contribution < -0.4 is 4.74 Å². The van der Waals surface area contributed by atoms with Crippen molar-refractivity contribution in [1.29, 1.82) is 0 Å². The number of benzene rings is 1. The number of esters is 2. The van der Waals surface area contributed by atoms with Crippen molar-refractivity contribution in [2.45, 2.75) is 38.2 Å². The lowest BCUT2D eigenvalue weighted by Crippen LogP contribution is -2.20. The van der Waals surface area contributed by atoms with E-state index >= 15 is 0 Å². The maximum atomic E-state index is 12.0. The van der Waals surface area contributed by atoms with Crippen LogP contribution >= 0.6 is 0 Å². The minimum Gasteiger partial charge on any atom is -0.459 e. The smallest absolute Gasteiger partial charge is 0.338 e. The van der Waals surface area contributed by atoms with E-state index in [0.717, 1.165) is 31.8 Å². The van der Waals surface area contributed by atoms with Crippen LogP contribution in [0.3, 0.4) is 0 Å². The van der Waals surface area contributed by atoms with Gasteiger partial charge in [-0.1, -0.05) is 13.0 Å². The highest BCUT2D eigenvalue weighted by atomic mass is 16.7. The SMILES string of the molecule is C=CC(=O)OCOc1ccc(C(=O)OC2CCCCC2)cc1. The molecular weight excluding hydrogens is 284 g/mol. The van der Waals surface area contributed by atoms with Crippen LogP contribution in [-0.4, -0.2) is 24.8 Å². The Morgan fingerprint density at radius 1 is 1.14 bits per heavy atom. The van der Waals surface area contributed by atoms with E-state index in [2.05, 4.69) is 6.58 Å². The molecule has 1 aliphatic carbocycles. The third kappa shape index (κ3) is 4.91. The summed E-state index contributed by atoms with van der Waals surface area (Å²) in [5.74, 6) is -0.352. The summed E-state index contributed by atoms with van der Waals surface area (Å²) < 4.78 is 15.4. The summed E-state index contributed by atoms with van der Waals surface area (Å²) in [5.41, 5.74) is 0.487. The Morgan fingerprint density at radius 3 is 2.45 bits per heavy atom. The van der Waals surface area contributed by atoms with Crippen LogP contribution in [0.25, 0.3) is 0 Å². The summed E-state index contributed by atoms with van der Waals surface area (Å²) in [6.45, 7) is 3.09. The molecule has 0 amide bonds. The topological polar surface area (TPSA) is 61.8 Å². The standard InChI is InChI=1S/C17H20O5/c1-2-16(18)21-12-20-14-10-8-13(9-11-14)17(19)22-15-6-4-3-5-7-15/h2,8-11,15H,1,3-7,12H2. The van der Waals surface area contributed by atoms with Crippen molar-refractivity contribution in [1.82, 2.24) is 0 Å². The zero-order valence-electron chi connectivity index (χ0n) is 12.5. The van der Waals surface area contributed by atoms with E-state index < -0.39 is 5.97 Å². The number of rotatable bonds is 6. The average molecular weight is 304 g/mol. The van der Waals surface area contributed by atoms with Gasteiger partial charge in [-0.05, 0) is 49.9 Å². The Balaban J connectivity index is 1.81. The van der Waals surface area contributed by atoms with Gasteiger partial charge in [0.15, 0.2) is 0 Å². The molecule has 1 aliphatic rings. The average Bonchev–Trinajstić information content (AvgIpc) is 2.56. The van der Waals surface area contributed by atoms with Gasteiger partial charge in [-0.25, -0.2) is 9.59 Å². The molecule has 0 atom stereocenters. The maximum Gasteiger partial charge on any atom is 0.338 e. The molecule has 2 rings (SSSR count). The van der Waals surface area contributed by atoms with Crippen molar-refractivity contribution in [2.24, 2.45) is 0 Å². The van der Waals surface area contributed by atoms with Crippen molar-refractivity contribution in [2.75, 3.05) is 6.79 Å². The normalized spacial score (nSPS) is 14.9. The summed E-state index contributed by atoms with van der Waals surface area (Å²) in [6, 6.07) is 6.55. The van der Waals surface area contributed by atoms with Gasteiger partial charge in [0.05, 0.1) is 5.56 Å². The number of hydrogen-bond donors (Lipinski definition) is 0. The van der Waals surface area contributed by atoms with Gasteiger partial charge in [0.25, 0.3) is 0 Å². The van der Waals surface area contributed by atoms with E-state index in [1.54, 1.807) is 24.3 Å². The zero-order valence-corrected chi connectivity index (χ0v) is 12.5. The predicted octanol–water partition coefficient (Wildman–Crippen LogP) is 3.24. The van der Waals surface area contributed by atoms with E-state index in [0.29, 0.717) is 11.3 Å². The zero-order chi connectivity index (χ0) is 15.8. The minimum atomic E-state index is -0.548. The highest BCUT2D eigenvalue weighted by molar-refractivity contribution is 5.89. The number of carbonyl (C=O) groups excluding carboxylic acids is 2. The first kappa shape index (κ1) is 16.1. The molecule has 1 aromatic rings. The number of hydrogen-bond acceptors (Lipinski definition) is 5. The van der Waals surface area contributed by atoms with Crippen molar-refractivity contribution in [3.05, 3.63) is 42.5 Å². The van der Waals surface area contributed by atoms with E-state index in [4.69, 9.17) is 14.2 Å². The second-order valence-electron chi connectivity index (χ2n) is 5.12. The molecule has 0 unspecified atom stereocenters. The largest absolute Gasteiger partial charge is 0.459 e. The lowest BCUT2D eigenvalue weighted by molar-refractivity contribution is -0.144. The molecule has 0 saturated heterocycles. The molecule has 5 nitrogen and oxygen atoms in total. The molecule has 0 spiro atoms. The Bertz CT molecular complexity index is 514. The fourth-order valence-corrected chi connectivity index (χ4v) is 2.30. The second-order valence-corrected chi connectivity index (χ2v) is 5.12. The molecule has 5 heteroatoms. The maximum absolute atomic E-state index is 12.0. The van der Waals surface area contributed by atoms with Gasteiger partial charge in [-0.15, -0.1) is 0 Å². The molecule has 1 fully saturated rings. The third-order valence-electron chi connectivity index (χ3n) is 3.51. The highest BCUT2D eigenvalue weighted by Gasteiger charge is 2.18. The lowest BCUT2D eigenvalue weighted by atomic mass is 9.98. The molecule has 118 valence electrons. The first-order valence-electron chi connectivity index (χ1n) is 7.42. The van der Waals surface area contributed by atoms with Crippen LogP contribution in [0.15, 0.2) is 36.9 Å². The van der Waals surface area contributed by atoms with Gasteiger partial charge < -0.3 is 14.2 Å². The summed E-state index contributed by atoms with van der Waals surface area (Å²) >= 11 is 0. The van der Waals surface area contributed by atoms with Gasteiger partial charge in [0, 0.05) is 6.08 Å². The molecule has 0 bridgehead atoms. The van der Waals surface area contributed by atoms with Gasteiger partial charge >= 0.3 is 11.9 Å². The van der Waals surface area contributed by atoms with Gasteiger partial charge in [-0.2, -0.15) is 0 Å². The molecule has 0 radical (unpaired) electrons. The Morgan fingerprint density at radius 2 is 1.82 bits per heavy atom. The second kappa shape index (κ2) is 8.22. The summed E-state index contributed by atoms with van der Waals surface area (Å²) in [5, 5.41) is 0. The first-order chi connectivity index (χ1) is 10.7. The quantitative estimate of drug-likeness (QED) is 0.458. The van der Waals surface area contributed by atoms with E-state index in [9.17, 15) is 9.59 Å². The molecule has 0 N–H and O–H groups in total. The number of ether oxygens (including phenoxy) is 3. The molecule has 22 heavy (non-hydrogen) atoms. The van der Waals surface area contributed by atoms with E-state index in [-0.39, 0.29) is 18.9 Å². The molecule has 1 aromatic carbocycles. The minimum absolute atomic E-state index is 0.0375. The highest BCUT2D eigenvalue weighted by Crippen LogP contribution is 2.22. The molecule has 0 aliphatic heterocycles. The summed E-state index contributed by atoms with van der Waals surface area (Å²) in [4.78, 5) is 22.9. The lowest BCUT2D eigenvalue weighted by Gasteiger charge is -2.21. The van der Waals surface area contributed by atoms with Crippen LogP contribution in [0, 0.1) is 0 Å². The van der Waals surface area contributed by atoms with Gasteiger partial charge in [-0.3, -0.25) is 0 Å². The molecule has 0 heterocycles. The first-order valence-corrected chi connectivity index (χ1v) is 7.42. The fraction of sp³-hybridized carbons (Fsp3) is 0.412. The molecule has 0 aromatic heterocycles. The fourth-order valence-electron chi connectivity index (χ4n) is 2.30. The van der Waals surface area contributed by atoms with Crippen LogP contribution in [0.1, 0.15) is 42.5 Å². The van der Waals surface area contributed by atoms with Crippen LogP contribution in [0.5, 0.6) is 5.75 Å². The van der Waals surface area contributed by atoms with E-state index in [1.807, 2.05) is 0 Å². The van der Waals surface area contributed by atoms with Crippen molar-refractivity contribution >= 4 is 11.9 Å². The molecule has 1 saturated carbocycles. The third-order valence-corrected chi connectivity index (χ3v) is 3.51. The summed E-state index contributed by atoms with van der Waals surface area (Å²) in [6.07, 6.45) is 6.45. The van der Waals surface area contributed by atoms with E-state index in [1.165, 1.54) is 6.42 Å². The Labute approximate surface area is 129 Å². The summed E-state index contributed by atoms with van der Waals surface area (Å²) in [7, 11) is 0. The van der Waals surface area contributed by atoms with Crippen molar-refractivity contribution in [3.8, 4) is 5.75 Å². The van der Waals surface area contributed by atoms with Gasteiger partial charge in [0.2, 0.25) is 6.79 Å². The monoisotopic (exact) mass is 304 g/mol. The van der Waals surface area contributed by atoms with Crippen LogP contribution in [0.2, 0.25) is 0 Å². The Hall–Kier alpha value is -2.30. The number of carbonyl (C=O) groups is 2. The van der Waals surface area contributed by atoms with Crippen molar-refractivity contribution < 1.29 is 23.8 Å². The van der Waals surface area contributed by atoms with Crippen LogP contribution in [-0.2, 0) is 14.3 Å². The van der Waals surface area contributed by atoms with Crippen LogP contribution in [0.4, 0.5) is 0 Å². The Kier molecular flexibility index (Phi) is 6.01. The predicted molar refractivity (Wildman–Crippen MR) is 80.5 cm³/mol. The molecular formula is C17H20O5.